The average molecular weight is 294 g/mol. The molecule has 5 nitrogen and oxygen atoms in total. The second-order valence-corrected chi connectivity index (χ2v) is 5.12. The van der Waals surface area contributed by atoms with Crippen LogP contribution >= 0.6 is 0 Å². The lowest BCUT2D eigenvalue weighted by Gasteiger charge is -2.25. The van der Waals surface area contributed by atoms with Crippen molar-refractivity contribution in [2.24, 2.45) is 11.7 Å². The number of rotatable bonds is 9. The van der Waals surface area contributed by atoms with Gasteiger partial charge in [0.25, 0.3) is 0 Å². The first kappa shape index (κ1) is 17.5. The molecule has 1 atom stereocenters. The zero-order chi connectivity index (χ0) is 15.7. The van der Waals surface area contributed by atoms with Crippen LogP contribution in [0.25, 0.3) is 0 Å². The lowest BCUT2D eigenvalue weighted by atomic mass is 10.1. The van der Waals surface area contributed by atoms with Crippen molar-refractivity contribution in [3.05, 3.63) is 24.3 Å². The molecule has 0 radical (unpaired) electrons. The first-order chi connectivity index (χ1) is 10.1. The predicted molar refractivity (Wildman–Crippen MR) is 84.7 cm³/mol. The normalized spacial score (nSPS) is 12.0. The van der Waals surface area contributed by atoms with E-state index in [0.29, 0.717) is 31.9 Å². The summed E-state index contributed by atoms with van der Waals surface area (Å²) >= 11 is 0. The third kappa shape index (κ3) is 5.36. The Labute approximate surface area is 127 Å². The van der Waals surface area contributed by atoms with Crippen LogP contribution in [0.15, 0.2) is 24.3 Å². The summed E-state index contributed by atoms with van der Waals surface area (Å²) in [6.45, 7) is 3.72. The summed E-state index contributed by atoms with van der Waals surface area (Å²) < 4.78 is 10.5. The van der Waals surface area contributed by atoms with Crippen LogP contribution < -0.4 is 15.4 Å². The molecule has 0 spiro atoms. The molecule has 0 fully saturated rings. The van der Waals surface area contributed by atoms with Gasteiger partial charge in [-0.1, -0.05) is 19.1 Å². The van der Waals surface area contributed by atoms with Crippen molar-refractivity contribution < 1.29 is 14.3 Å². The topological polar surface area (TPSA) is 64.8 Å². The Bertz CT molecular complexity index is 437. The number of para-hydroxylation sites is 2. The number of carbonyl (C=O) groups is 1. The first-order valence-electron chi connectivity index (χ1n) is 7.26. The molecule has 118 valence electrons. The summed E-state index contributed by atoms with van der Waals surface area (Å²) in [7, 11) is 3.26. The number of hydrogen-bond acceptors (Lipinski definition) is 4. The smallest absolute Gasteiger partial charge is 0.227 e. The Hall–Kier alpha value is -1.59. The van der Waals surface area contributed by atoms with Crippen molar-refractivity contribution in [1.29, 1.82) is 0 Å². The van der Waals surface area contributed by atoms with Crippen molar-refractivity contribution in [2.45, 2.75) is 19.8 Å². The molecule has 0 bridgehead atoms. The van der Waals surface area contributed by atoms with E-state index in [-0.39, 0.29) is 11.8 Å². The van der Waals surface area contributed by atoms with Gasteiger partial charge >= 0.3 is 0 Å². The standard InChI is InChI=1S/C16H26N2O3/c1-13(12-20-2)11-16(19)18(10-6-9-17)14-7-4-5-8-15(14)21-3/h4-5,7-8,13H,6,9-12,17H2,1-3H3. The van der Waals surface area contributed by atoms with Gasteiger partial charge in [0.15, 0.2) is 0 Å². The molecule has 0 aromatic heterocycles. The molecule has 0 saturated carbocycles. The molecule has 1 unspecified atom stereocenters. The van der Waals surface area contributed by atoms with E-state index < -0.39 is 0 Å². The molecule has 0 aliphatic heterocycles. The molecule has 0 aliphatic rings. The van der Waals surface area contributed by atoms with E-state index in [4.69, 9.17) is 15.2 Å². The summed E-state index contributed by atoms with van der Waals surface area (Å²) in [5.41, 5.74) is 6.38. The molecule has 1 rings (SSSR count). The van der Waals surface area contributed by atoms with E-state index in [0.717, 1.165) is 12.1 Å². The lowest BCUT2D eigenvalue weighted by molar-refractivity contribution is -0.119. The van der Waals surface area contributed by atoms with E-state index in [1.807, 2.05) is 31.2 Å². The molecule has 2 N–H and O–H groups in total. The highest BCUT2D eigenvalue weighted by Gasteiger charge is 2.20. The van der Waals surface area contributed by atoms with Crippen LogP contribution in [0.5, 0.6) is 5.75 Å². The highest BCUT2D eigenvalue weighted by Crippen LogP contribution is 2.28. The van der Waals surface area contributed by atoms with Gasteiger partial charge in [0, 0.05) is 26.7 Å². The van der Waals surface area contributed by atoms with E-state index in [2.05, 4.69) is 0 Å². The molecule has 21 heavy (non-hydrogen) atoms. The number of hydrogen-bond donors (Lipinski definition) is 1. The lowest BCUT2D eigenvalue weighted by Crippen LogP contribution is -2.34. The van der Waals surface area contributed by atoms with E-state index in [1.54, 1.807) is 19.1 Å². The van der Waals surface area contributed by atoms with Crippen LogP contribution in [0.4, 0.5) is 5.69 Å². The highest BCUT2D eigenvalue weighted by molar-refractivity contribution is 5.95. The molecular formula is C16H26N2O3. The van der Waals surface area contributed by atoms with Crippen LogP contribution in [0, 0.1) is 5.92 Å². The van der Waals surface area contributed by atoms with Crippen LogP contribution in [0.3, 0.4) is 0 Å². The van der Waals surface area contributed by atoms with Crippen molar-refractivity contribution in [1.82, 2.24) is 0 Å². The first-order valence-corrected chi connectivity index (χ1v) is 7.26. The van der Waals surface area contributed by atoms with E-state index in [1.165, 1.54) is 0 Å². The Morgan fingerprint density at radius 1 is 1.33 bits per heavy atom. The number of carbonyl (C=O) groups excluding carboxylic acids is 1. The molecule has 1 amide bonds. The predicted octanol–water partition coefficient (Wildman–Crippen LogP) is 2.05. The molecule has 1 aromatic carbocycles. The number of amides is 1. The van der Waals surface area contributed by atoms with Gasteiger partial charge in [-0.15, -0.1) is 0 Å². The Morgan fingerprint density at radius 3 is 2.67 bits per heavy atom. The monoisotopic (exact) mass is 294 g/mol. The van der Waals surface area contributed by atoms with Gasteiger partial charge in [-0.3, -0.25) is 4.79 Å². The fourth-order valence-electron chi connectivity index (χ4n) is 2.23. The maximum absolute atomic E-state index is 12.6. The number of methoxy groups -OCH3 is 2. The van der Waals surface area contributed by atoms with E-state index >= 15 is 0 Å². The van der Waals surface area contributed by atoms with Crippen molar-refractivity contribution in [3.63, 3.8) is 0 Å². The summed E-state index contributed by atoms with van der Waals surface area (Å²) in [5.74, 6) is 0.942. The summed E-state index contributed by atoms with van der Waals surface area (Å²) in [5, 5.41) is 0. The van der Waals surface area contributed by atoms with Gasteiger partial charge in [0.05, 0.1) is 12.8 Å². The molecule has 0 aliphatic carbocycles. The van der Waals surface area contributed by atoms with Crippen molar-refractivity contribution in [3.8, 4) is 5.75 Å². The number of anilines is 1. The van der Waals surface area contributed by atoms with Gasteiger partial charge in [0.1, 0.15) is 5.75 Å². The molecule has 0 heterocycles. The van der Waals surface area contributed by atoms with Crippen LogP contribution in [0.1, 0.15) is 19.8 Å². The maximum Gasteiger partial charge on any atom is 0.227 e. The summed E-state index contributed by atoms with van der Waals surface area (Å²) in [4.78, 5) is 14.3. The van der Waals surface area contributed by atoms with Crippen LogP contribution in [0.2, 0.25) is 0 Å². The summed E-state index contributed by atoms with van der Waals surface area (Å²) in [6, 6.07) is 7.55. The second-order valence-electron chi connectivity index (χ2n) is 5.12. The zero-order valence-electron chi connectivity index (χ0n) is 13.2. The van der Waals surface area contributed by atoms with Crippen LogP contribution in [-0.2, 0) is 9.53 Å². The minimum Gasteiger partial charge on any atom is -0.495 e. The Morgan fingerprint density at radius 2 is 2.05 bits per heavy atom. The van der Waals surface area contributed by atoms with Gasteiger partial charge in [-0.25, -0.2) is 0 Å². The van der Waals surface area contributed by atoms with Crippen molar-refractivity contribution >= 4 is 11.6 Å². The Balaban J connectivity index is 2.91. The van der Waals surface area contributed by atoms with Crippen molar-refractivity contribution in [2.75, 3.05) is 38.8 Å². The number of benzene rings is 1. The molecule has 1 aromatic rings. The number of nitrogens with zero attached hydrogens (tertiary/aromatic N) is 1. The SMILES string of the molecule is COCC(C)CC(=O)N(CCCN)c1ccccc1OC. The zero-order valence-corrected chi connectivity index (χ0v) is 13.2. The largest absolute Gasteiger partial charge is 0.495 e. The van der Waals surface area contributed by atoms with Gasteiger partial charge in [0.2, 0.25) is 5.91 Å². The average Bonchev–Trinajstić information content (AvgIpc) is 2.48. The van der Waals surface area contributed by atoms with Gasteiger partial charge in [-0.2, -0.15) is 0 Å². The van der Waals surface area contributed by atoms with Gasteiger partial charge < -0.3 is 20.1 Å². The second kappa shape index (κ2) is 9.37. The number of ether oxygens (including phenoxy) is 2. The third-order valence-corrected chi connectivity index (χ3v) is 3.24. The van der Waals surface area contributed by atoms with E-state index in [9.17, 15) is 4.79 Å². The third-order valence-electron chi connectivity index (χ3n) is 3.24. The quantitative estimate of drug-likeness (QED) is 0.757. The molecular weight excluding hydrogens is 268 g/mol. The number of nitrogens with two attached hydrogens (primary N) is 1. The molecule has 0 saturated heterocycles. The highest BCUT2D eigenvalue weighted by atomic mass is 16.5. The molecule has 5 heteroatoms. The summed E-state index contributed by atoms with van der Waals surface area (Å²) in [6.07, 6.45) is 1.19. The minimum atomic E-state index is 0.0671. The minimum absolute atomic E-state index is 0.0671. The Kier molecular flexibility index (Phi) is 7.79. The maximum atomic E-state index is 12.6. The fourth-order valence-corrected chi connectivity index (χ4v) is 2.23. The van der Waals surface area contributed by atoms with Gasteiger partial charge in [-0.05, 0) is 31.0 Å². The fraction of sp³-hybridized carbons (Fsp3) is 0.562. The van der Waals surface area contributed by atoms with Crippen LogP contribution in [-0.4, -0.2) is 39.8 Å².